The summed E-state index contributed by atoms with van der Waals surface area (Å²) in [4.78, 5) is 0. The van der Waals surface area contributed by atoms with E-state index in [0.717, 1.165) is 28.3 Å². The second kappa shape index (κ2) is 5.89. The molecule has 3 aromatic rings. The Morgan fingerprint density at radius 1 is 1.14 bits per heavy atom. The molecule has 0 radical (unpaired) electrons. The molecule has 2 aromatic carbocycles. The Morgan fingerprint density at radius 2 is 1.91 bits per heavy atom. The van der Waals surface area contributed by atoms with Gasteiger partial charge in [-0.2, -0.15) is 0 Å². The fourth-order valence-corrected chi connectivity index (χ4v) is 2.28. The van der Waals surface area contributed by atoms with Gasteiger partial charge in [0.25, 0.3) is 0 Å². The summed E-state index contributed by atoms with van der Waals surface area (Å²) in [6.45, 7) is 4.64. The minimum absolute atomic E-state index is 0.657. The Labute approximate surface area is 129 Å². The Bertz CT molecular complexity index is 778. The number of hydrogen-bond donors (Lipinski definition) is 1. The SMILES string of the molecule is CCOc1ccc(-c2cn(-c3cc(N)ccc3C)nn2)cc1. The molecule has 5 heteroatoms. The smallest absolute Gasteiger partial charge is 0.119 e. The summed E-state index contributed by atoms with van der Waals surface area (Å²) in [6.07, 6.45) is 1.90. The van der Waals surface area contributed by atoms with E-state index in [2.05, 4.69) is 10.3 Å². The van der Waals surface area contributed by atoms with Crippen LogP contribution in [0.4, 0.5) is 5.69 Å². The number of nitrogen functional groups attached to an aromatic ring is 1. The van der Waals surface area contributed by atoms with Crippen LogP contribution in [0.15, 0.2) is 48.7 Å². The van der Waals surface area contributed by atoms with Crippen molar-refractivity contribution in [3.05, 3.63) is 54.2 Å². The zero-order valence-electron chi connectivity index (χ0n) is 12.7. The molecule has 1 aromatic heterocycles. The van der Waals surface area contributed by atoms with E-state index in [9.17, 15) is 0 Å². The molecule has 0 aliphatic heterocycles. The van der Waals surface area contributed by atoms with E-state index in [4.69, 9.17) is 10.5 Å². The van der Waals surface area contributed by atoms with Crippen LogP contribution in [0, 0.1) is 6.92 Å². The highest BCUT2D eigenvalue weighted by Crippen LogP contribution is 2.22. The van der Waals surface area contributed by atoms with Crippen molar-refractivity contribution < 1.29 is 4.74 Å². The number of benzene rings is 2. The second-order valence-corrected chi connectivity index (χ2v) is 5.05. The quantitative estimate of drug-likeness (QED) is 0.750. The van der Waals surface area contributed by atoms with Gasteiger partial charge in [0, 0.05) is 11.3 Å². The van der Waals surface area contributed by atoms with Gasteiger partial charge in [0.2, 0.25) is 0 Å². The number of aromatic nitrogens is 3. The lowest BCUT2D eigenvalue weighted by Gasteiger charge is -2.05. The van der Waals surface area contributed by atoms with Gasteiger partial charge < -0.3 is 10.5 Å². The number of hydrogen-bond acceptors (Lipinski definition) is 4. The predicted octanol–water partition coefficient (Wildman–Crippen LogP) is 3.22. The molecule has 22 heavy (non-hydrogen) atoms. The van der Waals surface area contributed by atoms with Gasteiger partial charge in [0.1, 0.15) is 11.4 Å². The average molecular weight is 294 g/mol. The molecule has 112 valence electrons. The highest BCUT2D eigenvalue weighted by atomic mass is 16.5. The van der Waals surface area contributed by atoms with Crippen molar-refractivity contribution in [2.45, 2.75) is 13.8 Å². The molecule has 0 unspecified atom stereocenters. The van der Waals surface area contributed by atoms with Crippen LogP contribution in [0.2, 0.25) is 0 Å². The molecule has 0 aliphatic carbocycles. The van der Waals surface area contributed by atoms with Crippen molar-refractivity contribution in [2.24, 2.45) is 0 Å². The Balaban J connectivity index is 1.91. The zero-order valence-corrected chi connectivity index (χ0v) is 12.7. The number of anilines is 1. The highest BCUT2D eigenvalue weighted by molar-refractivity contribution is 5.60. The van der Waals surface area contributed by atoms with Gasteiger partial charge in [-0.1, -0.05) is 11.3 Å². The molecule has 0 saturated heterocycles. The molecule has 0 spiro atoms. The molecule has 0 fully saturated rings. The van der Waals surface area contributed by atoms with Crippen LogP contribution < -0.4 is 10.5 Å². The molecule has 1 heterocycles. The van der Waals surface area contributed by atoms with Gasteiger partial charge in [0.05, 0.1) is 18.5 Å². The summed E-state index contributed by atoms with van der Waals surface area (Å²) in [5, 5.41) is 8.44. The molecule has 3 rings (SSSR count). The molecular weight excluding hydrogens is 276 g/mol. The summed E-state index contributed by atoms with van der Waals surface area (Å²) < 4.78 is 7.19. The van der Waals surface area contributed by atoms with E-state index in [1.807, 2.05) is 62.5 Å². The number of ether oxygens (including phenoxy) is 1. The largest absolute Gasteiger partial charge is 0.494 e. The van der Waals surface area contributed by atoms with Crippen molar-refractivity contribution in [2.75, 3.05) is 12.3 Å². The van der Waals surface area contributed by atoms with Crippen molar-refractivity contribution in [1.29, 1.82) is 0 Å². The normalized spacial score (nSPS) is 10.6. The molecule has 0 atom stereocenters. The number of nitrogens with zero attached hydrogens (tertiary/aromatic N) is 3. The van der Waals surface area contributed by atoms with Crippen molar-refractivity contribution in [3.8, 4) is 22.7 Å². The van der Waals surface area contributed by atoms with Crippen LogP contribution in [-0.4, -0.2) is 21.6 Å². The van der Waals surface area contributed by atoms with Crippen LogP contribution in [0.3, 0.4) is 0 Å². The first-order chi connectivity index (χ1) is 10.7. The number of rotatable bonds is 4. The minimum atomic E-state index is 0.657. The third kappa shape index (κ3) is 2.79. The monoisotopic (exact) mass is 294 g/mol. The first kappa shape index (κ1) is 14.1. The molecule has 0 aliphatic rings. The number of aryl methyl sites for hydroxylation is 1. The third-order valence-corrected chi connectivity index (χ3v) is 3.43. The van der Waals surface area contributed by atoms with Gasteiger partial charge in [-0.05, 0) is 55.8 Å². The van der Waals surface area contributed by atoms with Crippen LogP contribution in [0.1, 0.15) is 12.5 Å². The van der Waals surface area contributed by atoms with Gasteiger partial charge in [-0.3, -0.25) is 0 Å². The molecular formula is C17H18N4O. The van der Waals surface area contributed by atoms with Gasteiger partial charge >= 0.3 is 0 Å². The maximum atomic E-state index is 5.85. The van der Waals surface area contributed by atoms with E-state index >= 15 is 0 Å². The summed E-state index contributed by atoms with van der Waals surface area (Å²) in [6, 6.07) is 13.6. The summed E-state index contributed by atoms with van der Waals surface area (Å²) in [5.74, 6) is 0.852. The lowest BCUT2D eigenvalue weighted by molar-refractivity contribution is 0.340. The maximum Gasteiger partial charge on any atom is 0.119 e. The van der Waals surface area contributed by atoms with Gasteiger partial charge in [-0.25, -0.2) is 4.68 Å². The first-order valence-electron chi connectivity index (χ1n) is 7.19. The Morgan fingerprint density at radius 3 is 2.64 bits per heavy atom. The van der Waals surface area contributed by atoms with Crippen molar-refractivity contribution in [1.82, 2.24) is 15.0 Å². The number of nitrogens with two attached hydrogens (primary N) is 1. The Hall–Kier alpha value is -2.82. The Kier molecular flexibility index (Phi) is 3.78. The molecule has 0 amide bonds. The molecule has 0 bridgehead atoms. The molecule has 0 saturated carbocycles. The lowest BCUT2D eigenvalue weighted by Crippen LogP contribution is -1.99. The zero-order chi connectivity index (χ0) is 15.5. The minimum Gasteiger partial charge on any atom is -0.494 e. The molecule has 5 nitrogen and oxygen atoms in total. The summed E-state index contributed by atoms with van der Waals surface area (Å²) >= 11 is 0. The van der Waals surface area contributed by atoms with Crippen molar-refractivity contribution >= 4 is 5.69 Å². The predicted molar refractivity (Wildman–Crippen MR) is 87.1 cm³/mol. The van der Waals surface area contributed by atoms with Crippen LogP contribution in [0.25, 0.3) is 16.9 Å². The summed E-state index contributed by atoms with van der Waals surface area (Å²) in [7, 11) is 0. The van der Waals surface area contributed by atoms with Crippen molar-refractivity contribution in [3.63, 3.8) is 0 Å². The van der Waals surface area contributed by atoms with Crippen LogP contribution in [0.5, 0.6) is 5.75 Å². The first-order valence-corrected chi connectivity index (χ1v) is 7.19. The topological polar surface area (TPSA) is 66.0 Å². The lowest BCUT2D eigenvalue weighted by atomic mass is 10.1. The maximum absolute atomic E-state index is 5.85. The summed E-state index contributed by atoms with van der Waals surface area (Å²) in [5.41, 5.74) is 10.4. The fraction of sp³-hybridized carbons (Fsp3) is 0.176. The van der Waals surface area contributed by atoms with E-state index < -0.39 is 0 Å². The van der Waals surface area contributed by atoms with E-state index in [1.165, 1.54) is 0 Å². The van der Waals surface area contributed by atoms with E-state index in [0.29, 0.717) is 12.3 Å². The molecule has 2 N–H and O–H groups in total. The van der Waals surface area contributed by atoms with E-state index in [1.54, 1.807) is 4.68 Å². The standard InChI is InChI=1S/C17H18N4O/c1-3-22-15-8-5-13(6-9-15)16-11-21(20-19-16)17-10-14(18)7-4-12(17)2/h4-11H,3,18H2,1-2H3. The second-order valence-electron chi connectivity index (χ2n) is 5.05. The van der Waals surface area contributed by atoms with Crippen LogP contribution >= 0.6 is 0 Å². The van der Waals surface area contributed by atoms with E-state index in [-0.39, 0.29) is 0 Å². The van der Waals surface area contributed by atoms with Gasteiger partial charge in [0.15, 0.2) is 0 Å². The third-order valence-electron chi connectivity index (χ3n) is 3.43. The fourth-order valence-electron chi connectivity index (χ4n) is 2.28. The average Bonchev–Trinajstić information content (AvgIpc) is 3.00. The van der Waals surface area contributed by atoms with Crippen LogP contribution in [-0.2, 0) is 0 Å². The van der Waals surface area contributed by atoms with Gasteiger partial charge in [-0.15, -0.1) is 5.10 Å². The highest BCUT2D eigenvalue weighted by Gasteiger charge is 2.08.